The second-order valence-electron chi connectivity index (χ2n) is 3.21. The van der Waals surface area contributed by atoms with Crippen LogP contribution in [0.1, 0.15) is 16.1 Å². The Morgan fingerprint density at radius 1 is 1.33 bits per heavy atom. The average Bonchev–Trinajstić information content (AvgIpc) is 2.30. The minimum Gasteiger partial charge on any atom is -0.296 e. The standard InChI is InChI=1S/C12H9N2O/c1-9-2-4-10(5-3-9)11-6-7-13-14-12(11)8-15/h2,4-8H,1H3. The van der Waals surface area contributed by atoms with Gasteiger partial charge in [0, 0.05) is 5.56 Å². The number of benzene rings is 1. The predicted octanol–water partition coefficient (Wildman–Crippen LogP) is 2.06. The minimum atomic E-state index is 0.356. The summed E-state index contributed by atoms with van der Waals surface area (Å²) in [6, 6.07) is 10.6. The first kappa shape index (κ1) is 9.52. The summed E-state index contributed by atoms with van der Waals surface area (Å²) in [5.74, 6) is 0. The van der Waals surface area contributed by atoms with Crippen molar-refractivity contribution in [2.75, 3.05) is 0 Å². The number of carbonyl (C=O) groups is 1. The first-order chi connectivity index (χ1) is 7.31. The summed E-state index contributed by atoms with van der Waals surface area (Å²) in [6.07, 6.45) is 2.28. The maximum Gasteiger partial charge on any atom is 0.170 e. The summed E-state index contributed by atoms with van der Waals surface area (Å²) >= 11 is 0. The summed E-state index contributed by atoms with van der Waals surface area (Å²) < 4.78 is 0. The van der Waals surface area contributed by atoms with Crippen LogP contribution in [0.5, 0.6) is 0 Å². The SMILES string of the molecule is Cc1[c]cc(-c2ccnnc2C=O)cc1. The minimum absolute atomic E-state index is 0.356. The second-order valence-corrected chi connectivity index (χ2v) is 3.21. The molecule has 0 aliphatic carbocycles. The highest BCUT2D eigenvalue weighted by atomic mass is 16.1. The van der Waals surface area contributed by atoms with E-state index in [2.05, 4.69) is 16.3 Å². The molecule has 0 aliphatic heterocycles. The Kier molecular flexibility index (Phi) is 2.54. The number of aryl methyl sites for hydroxylation is 1. The van der Waals surface area contributed by atoms with Crippen molar-refractivity contribution in [2.24, 2.45) is 0 Å². The van der Waals surface area contributed by atoms with Crippen LogP contribution < -0.4 is 0 Å². The van der Waals surface area contributed by atoms with E-state index in [1.165, 1.54) is 0 Å². The summed E-state index contributed by atoms with van der Waals surface area (Å²) in [4.78, 5) is 10.8. The Labute approximate surface area is 87.8 Å². The number of carbonyl (C=O) groups excluding carboxylic acids is 1. The van der Waals surface area contributed by atoms with Gasteiger partial charge in [-0.25, -0.2) is 0 Å². The lowest BCUT2D eigenvalue weighted by molar-refractivity contribution is 0.111. The lowest BCUT2D eigenvalue weighted by Crippen LogP contribution is -1.94. The highest BCUT2D eigenvalue weighted by Crippen LogP contribution is 2.20. The molecule has 0 N–H and O–H groups in total. The van der Waals surface area contributed by atoms with Gasteiger partial charge in [-0.15, -0.1) is 5.10 Å². The third-order valence-electron chi connectivity index (χ3n) is 2.14. The Morgan fingerprint density at radius 2 is 2.20 bits per heavy atom. The summed E-state index contributed by atoms with van der Waals surface area (Å²) in [6.45, 7) is 1.97. The smallest absolute Gasteiger partial charge is 0.170 e. The van der Waals surface area contributed by atoms with Crippen molar-refractivity contribution in [1.82, 2.24) is 10.2 Å². The van der Waals surface area contributed by atoms with Gasteiger partial charge in [0.1, 0.15) is 5.69 Å². The monoisotopic (exact) mass is 197 g/mol. The van der Waals surface area contributed by atoms with Crippen LogP contribution >= 0.6 is 0 Å². The molecule has 0 saturated heterocycles. The van der Waals surface area contributed by atoms with Gasteiger partial charge >= 0.3 is 0 Å². The molecule has 0 fully saturated rings. The molecular weight excluding hydrogens is 188 g/mol. The lowest BCUT2D eigenvalue weighted by Gasteiger charge is -2.02. The van der Waals surface area contributed by atoms with E-state index in [9.17, 15) is 4.79 Å². The molecule has 1 heterocycles. The van der Waals surface area contributed by atoms with Gasteiger partial charge in [-0.05, 0) is 36.2 Å². The zero-order chi connectivity index (χ0) is 10.7. The zero-order valence-corrected chi connectivity index (χ0v) is 8.27. The molecule has 0 bridgehead atoms. The molecule has 2 rings (SSSR count). The van der Waals surface area contributed by atoms with Crippen LogP contribution in [0.2, 0.25) is 0 Å². The molecule has 15 heavy (non-hydrogen) atoms. The van der Waals surface area contributed by atoms with Crippen molar-refractivity contribution < 1.29 is 4.79 Å². The van der Waals surface area contributed by atoms with Gasteiger partial charge in [0.2, 0.25) is 0 Å². The summed E-state index contributed by atoms with van der Waals surface area (Å²) in [5, 5.41) is 7.43. The van der Waals surface area contributed by atoms with Gasteiger partial charge in [0.05, 0.1) is 6.20 Å². The second kappa shape index (κ2) is 4.00. The van der Waals surface area contributed by atoms with E-state index in [1.54, 1.807) is 12.3 Å². The molecule has 2 aromatic rings. The number of nitrogens with zero attached hydrogens (tertiary/aromatic N) is 2. The summed E-state index contributed by atoms with van der Waals surface area (Å²) in [7, 11) is 0. The molecule has 0 aliphatic rings. The first-order valence-electron chi connectivity index (χ1n) is 4.57. The van der Waals surface area contributed by atoms with Gasteiger partial charge in [-0.2, -0.15) is 5.10 Å². The molecule has 3 nitrogen and oxygen atoms in total. The van der Waals surface area contributed by atoms with E-state index in [1.807, 2.05) is 25.1 Å². The molecule has 0 amide bonds. The van der Waals surface area contributed by atoms with Crippen molar-refractivity contribution >= 4 is 6.29 Å². The molecule has 1 aromatic carbocycles. The Hall–Kier alpha value is -2.03. The first-order valence-corrected chi connectivity index (χ1v) is 4.57. The van der Waals surface area contributed by atoms with Crippen molar-refractivity contribution in [3.63, 3.8) is 0 Å². The van der Waals surface area contributed by atoms with Crippen LogP contribution in [0.15, 0.2) is 30.5 Å². The highest BCUT2D eigenvalue weighted by molar-refractivity contribution is 5.84. The molecule has 0 unspecified atom stereocenters. The number of hydrogen-bond donors (Lipinski definition) is 0. The van der Waals surface area contributed by atoms with E-state index < -0.39 is 0 Å². The molecule has 1 radical (unpaired) electrons. The van der Waals surface area contributed by atoms with Crippen molar-refractivity contribution in [3.8, 4) is 11.1 Å². The molecule has 1 aromatic heterocycles. The maximum absolute atomic E-state index is 10.8. The van der Waals surface area contributed by atoms with Crippen molar-refractivity contribution in [3.05, 3.63) is 47.8 Å². The molecule has 0 saturated carbocycles. The molecule has 73 valence electrons. The molecule has 0 spiro atoms. The Bertz CT molecular complexity index is 477. The fourth-order valence-electron chi connectivity index (χ4n) is 1.34. The lowest BCUT2D eigenvalue weighted by atomic mass is 10.0. The van der Waals surface area contributed by atoms with E-state index in [0.29, 0.717) is 12.0 Å². The zero-order valence-electron chi connectivity index (χ0n) is 8.27. The summed E-state index contributed by atoms with van der Waals surface area (Å²) in [5.41, 5.74) is 3.14. The van der Waals surface area contributed by atoms with Crippen molar-refractivity contribution in [2.45, 2.75) is 6.92 Å². The van der Waals surface area contributed by atoms with Gasteiger partial charge in [-0.1, -0.05) is 12.1 Å². The number of aromatic nitrogens is 2. The van der Waals surface area contributed by atoms with Crippen LogP contribution in [0, 0.1) is 13.0 Å². The normalized spacial score (nSPS) is 9.93. The molecular formula is C12H9N2O. The van der Waals surface area contributed by atoms with Gasteiger partial charge in [0.25, 0.3) is 0 Å². The third kappa shape index (κ3) is 1.91. The van der Waals surface area contributed by atoms with Crippen LogP contribution in [0.4, 0.5) is 0 Å². The van der Waals surface area contributed by atoms with Crippen LogP contribution in [-0.2, 0) is 0 Å². The fourth-order valence-corrected chi connectivity index (χ4v) is 1.34. The highest BCUT2D eigenvalue weighted by Gasteiger charge is 2.04. The maximum atomic E-state index is 10.8. The van der Waals surface area contributed by atoms with E-state index in [0.717, 1.165) is 16.7 Å². The van der Waals surface area contributed by atoms with Gasteiger partial charge in [-0.3, -0.25) is 4.79 Å². The van der Waals surface area contributed by atoms with E-state index in [4.69, 9.17) is 0 Å². The van der Waals surface area contributed by atoms with Crippen molar-refractivity contribution in [1.29, 1.82) is 0 Å². The van der Waals surface area contributed by atoms with E-state index in [-0.39, 0.29) is 0 Å². The third-order valence-corrected chi connectivity index (χ3v) is 2.14. The Morgan fingerprint density at radius 3 is 2.87 bits per heavy atom. The number of rotatable bonds is 2. The largest absolute Gasteiger partial charge is 0.296 e. The number of aldehydes is 1. The van der Waals surface area contributed by atoms with Crippen LogP contribution in [0.25, 0.3) is 11.1 Å². The fraction of sp³-hybridized carbons (Fsp3) is 0.0833. The van der Waals surface area contributed by atoms with Gasteiger partial charge < -0.3 is 0 Å². The van der Waals surface area contributed by atoms with Crippen LogP contribution in [-0.4, -0.2) is 16.5 Å². The number of hydrogen-bond acceptors (Lipinski definition) is 3. The average molecular weight is 197 g/mol. The topological polar surface area (TPSA) is 42.9 Å². The predicted molar refractivity (Wildman–Crippen MR) is 56.4 cm³/mol. The molecule has 3 heteroatoms. The van der Waals surface area contributed by atoms with Gasteiger partial charge in [0.15, 0.2) is 6.29 Å². The Balaban J connectivity index is 2.53. The van der Waals surface area contributed by atoms with E-state index >= 15 is 0 Å². The molecule has 0 atom stereocenters. The van der Waals surface area contributed by atoms with Crippen LogP contribution in [0.3, 0.4) is 0 Å². The quantitative estimate of drug-likeness (QED) is 0.692.